The molecule has 1 atom stereocenters. The lowest BCUT2D eigenvalue weighted by Gasteiger charge is -2.07. The lowest BCUT2D eigenvalue weighted by atomic mass is 10.1. The van der Waals surface area contributed by atoms with E-state index in [9.17, 15) is 4.79 Å². The van der Waals surface area contributed by atoms with Gasteiger partial charge in [-0.25, -0.2) is 0 Å². The van der Waals surface area contributed by atoms with Gasteiger partial charge in [-0.1, -0.05) is 0 Å². The quantitative estimate of drug-likeness (QED) is 0.245. The summed E-state index contributed by atoms with van der Waals surface area (Å²) in [5.41, 5.74) is 15.4. The normalized spacial score (nSPS) is 10.5. The number of carbonyl (C=O) groups is 1. The number of unbranched alkanes of at least 4 members (excludes halogenated alkanes) is 1. The summed E-state index contributed by atoms with van der Waals surface area (Å²) in [6.45, 7) is 0.626. The Hall–Kier alpha value is -0.720. The lowest BCUT2D eigenvalue weighted by molar-refractivity contribution is -0.119. The van der Waals surface area contributed by atoms with Crippen molar-refractivity contribution in [2.45, 2.75) is 25.3 Å². The molecule has 0 fully saturated rings. The average molecular weight is 260 g/mol. The molecular formula is C7H19Cl2N5O. The maximum Gasteiger partial charge on any atom is 0.234 e. The van der Waals surface area contributed by atoms with Gasteiger partial charge in [-0.05, 0) is 19.3 Å². The van der Waals surface area contributed by atoms with Crippen molar-refractivity contribution in [3.8, 4) is 0 Å². The van der Waals surface area contributed by atoms with Gasteiger partial charge in [0, 0.05) is 6.54 Å². The van der Waals surface area contributed by atoms with Crippen LogP contribution in [0.25, 0.3) is 0 Å². The Kier molecular flexibility index (Phi) is 15.0. The SMILES string of the molecule is Cl.Cl.N=C(N)NCCCC[C@H](N)C(N)=O. The van der Waals surface area contributed by atoms with Gasteiger partial charge in [0.25, 0.3) is 0 Å². The first-order chi connectivity index (χ1) is 6.04. The first kappa shape index (κ1) is 19.8. The largest absolute Gasteiger partial charge is 0.370 e. The van der Waals surface area contributed by atoms with Crippen LogP contribution in [-0.2, 0) is 4.79 Å². The second-order valence-electron chi connectivity index (χ2n) is 2.85. The van der Waals surface area contributed by atoms with Crippen LogP contribution in [0.5, 0.6) is 0 Å². The summed E-state index contributed by atoms with van der Waals surface area (Å²) < 4.78 is 0. The molecule has 0 aliphatic carbocycles. The number of hydrogen-bond acceptors (Lipinski definition) is 3. The van der Waals surface area contributed by atoms with Crippen LogP contribution in [0.2, 0.25) is 0 Å². The number of rotatable bonds is 6. The maximum absolute atomic E-state index is 10.5. The minimum Gasteiger partial charge on any atom is -0.370 e. The fourth-order valence-corrected chi connectivity index (χ4v) is 0.855. The van der Waals surface area contributed by atoms with Crippen molar-refractivity contribution in [2.75, 3.05) is 6.54 Å². The predicted molar refractivity (Wildman–Crippen MR) is 65.4 cm³/mol. The van der Waals surface area contributed by atoms with Crippen molar-refractivity contribution in [1.82, 2.24) is 5.32 Å². The Morgan fingerprint density at radius 1 is 1.27 bits per heavy atom. The Balaban J connectivity index is -0.000000720. The van der Waals surface area contributed by atoms with Crippen LogP contribution in [-0.4, -0.2) is 24.5 Å². The number of nitrogens with one attached hydrogen (secondary N) is 2. The highest BCUT2D eigenvalue weighted by atomic mass is 35.5. The summed E-state index contributed by atoms with van der Waals surface area (Å²) in [7, 11) is 0. The maximum atomic E-state index is 10.5. The zero-order valence-corrected chi connectivity index (χ0v) is 10.00. The molecule has 92 valence electrons. The average Bonchev–Trinajstić information content (AvgIpc) is 2.02. The standard InChI is InChI=1S/C7H17N5O.2ClH/c8-5(6(9)13)3-1-2-4-12-7(10)11;;/h5H,1-4,8H2,(H2,9,13)(H4,10,11,12);2*1H/t5-;;/m0../s1. The third kappa shape index (κ3) is 13.3. The molecule has 15 heavy (non-hydrogen) atoms. The molecule has 0 saturated carbocycles. The van der Waals surface area contributed by atoms with Crippen LogP contribution < -0.4 is 22.5 Å². The van der Waals surface area contributed by atoms with Gasteiger partial charge in [0.15, 0.2) is 5.96 Å². The number of nitrogens with two attached hydrogens (primary N) is 3. The van der Waals surface area contributed by atoms with Gasteiger partial charge in [-0.3, -0.25) is 10.2 Å². The Morgan fingerprint density at radius 2 is 1.80 bits per heavy atom. The monoisotopic (exact) mass is 259 g/mol. The van der Waals surface area contributed by atoms with E-state index in [4.69, 9.17) is 22.6 Å². The summed E-state index contributed by atoms with van der Waals surface area (Å²) in [5.74, 6) is -0.515. The molecule has 6 nitrogen and oxygen atoms in total. The van der Waals surface area contributed by atoms with E-state index in [1.165, 1.54) is 0 Å². The number of primary amides is 1. The van der Waals surface area contributed by atoms with Gasteiger partial charge in [-0.15, -0.1) is 24.8 Å². The Labute approximate surface area is 102 Å². The number of guanidine groups is 1. The van der Waals surface area contributed by atoms with E-state index in [1.54, 1.807) is 0 Å². The minimum atomic E-state index is -0.558. The van der Waals surface area contributed by atoms with E-state index in [1.807, 2.05) is 0 Å². The second-order valence-corrected chi connectivity index (χ2v) is 2.85. The van der Waals surface area contributed by atoms with Gasteiger partial charge >= 0.3 is 0 Å². The molecule has 0 aliphatic heterocycles. The Morgan fingerprint density at radius 3 is 2.20 bits per heavy atom. The fraction of sp³-hybridized carbons (Fsp3) is 0.714. The molecule has 0 bridgehead atoms. The summed E-state index contributed by atoms with van der Waals surface area (Å²) in [6, 6.07) is -0.558. The molecule has 0 heterocycles. The number of carbonyl (C=O) groups excluding carboxylic acids is 1. The molecule has 1 amide bonds. The van der Waals surface area contributed by atoms with Crippen molar-refractivity contribution in [2.24, 2.45) is 17.2 Å². The molecule has 0 aromatic carbocycles. The number of hydrogen-bond donors (Lipinski definition) is 5. The molecule has 0 spiro atoms. The number of halogens is 2. The van der Waals surface area contributed by atoms with Crippen molar-refractivity contribution < 1.29 is 4.79 Å². The van der Waals surface area contributed by atoms with Crippen LogP contribution in [0.15, 0.2) is 0 Å². The number of amides is 1. The van der Waals surface area contributed by atoms with Crippen LogP contribution in [0.4, 0.5) is 0 Å². The fourth-order valence-electron chi connectivity index (χ4n) is 0.855. The van der Waals surface area contributed by atoms with Crippen LogP contribution in [0.3, 0.4) is 0 Å². The molecule has 0 unspecified atom stereocenters. The van der Waals surface area contributed by atoms with Crippen LogP contribution in [0, 0.1) is 5.41 Å². The molecule has 8 N–H and O–H groups in total. The zero-order chi connectivity index (χ0) is 10.3. The van der Waals surface area contributed by atoms with Crippen LogP contribution >= 0.6 is 24.8 Å². The predicted octanol–water partition coefficient (Wildman–Crippen LogP) is -0.704. The highest BCUT2D eigenvalue weighted by Crippen LogP contribution is 1.97. The molecule has 0 radical (unpaired) electrons. The summed E-state index contributed by atoms with van der Waals surface area (Å²) in [5, 5.41) is 9.50. The molecule has 8 heteroatoms. The third-order valence-electron chi connectivity index (χ3n) is 1.62. The van der Waals surface area contributed by atoms with Gasteiger partial charge in [0.05, 0.1) is 6.04 Å². The van der Waals surface area contributed by atoms with E-state index in [0.717, 1.165) is 12.8 Å². The van der Waals surface area contributed by atoms with Crippen molar-refractivity contribution in [3.05, 3.63) is 0 Å². The summed E-state index contributed by atoms with van der Waals surface area (Å²) in [6.07, 6.45) is 2.19. The third-order valence-corrected chi connectivity index (χ3v) is 1.62. The molecule has 0 aromatic heterocycles. The van der Waals surface area contributed by atoms with Crippen molar-refractivity contribution >= 4 is 36.7 Å². The summed E-state index contributed by atoms with van der Waals surface area (Å²) >= 11 is 0. The van der Waals surface area contributed by atoms with E-state index in [2.05, 4.69) is 5.32 Å². The highest BCUT2D eigenvalue weighted by Gasteiger charge is 2.07. The van der Waals surface area contributed by atoms with Gasteiger partial charge < -0.3 is 22.5 Å². The highest BCUT2D eigenvalue weighted by molar-refractivity contribution is 5.85. The van der Waals surface area contributed by atoms with Crippen molar-refractivity contribution in [3.63, 3.8) is 0 Å². The molecule has 0 rings (SSSR count). The second kappa shape index (κ2) is 11.4. The minimum absolute atomic E-state index is 0. The van der Waals surface area contributed by atoms with Gasteiger partial charge in [-0.2, -0.15) is 0 Å². The van der Waals surface area contributed by atoms with E-state index in [0.29, 0.717) is 13.0 Å². The Bertz CT molecular complexity index is 190. The molecule has 0 aromatic rings. The first-order valence-electron chi connectivity index (χ1n) is 4.17. The smallest absolute Gasteiger partial charge is 0.234 e. The first-order valence-corrected chi connectivity index (χ1v) is 4.17. The topological polar surface area (TPSA) is 131 Å². The molecule has 0 aliphatic rings. The lowest BCUT2D eigenvalue weighted by Crippen LogP contribution is -2.36. The van der Waals surface area contributed by atoms with Gasteiger partial charge in [0.2, 0.25) is 5.91 Å². The molecule has 0 saturated heterocycles. The summed E-state index contributed by atoms with van der Waals surface area (Å²) in [4.78, 5) is 10.5. The zero-order valence-electron chi connectivity index (χ0n) is 8.36. The van der Waals surface area contributed by atoms with E-state index >= 15 is 0 Å². The van der Waals surface area contributed by atoms with Crippen molar-refractivity contribution in [1.29, 1.82) is 5.41 Å². The molecular weight excluding hydrogens is 241 g/mol. The van der Waals surface area contributed by atoms with Crippen LogP contribution in [0.1, 0.15) is 19.3 Å². The van der Waals surface area contributed by atoms with Gasteiger partial charge in [0.1, 0.15) is 0 Å². The van der Waals surface area contributed by atoms with E-state index in [-0.39, 0.29) is 30.8 Å². The van der Waals surface area contributed by atoms with E-state index < -0.39 is 11.9 Å².